The van der Waals surface area contributed by atoms with Gasteiger partial charge in [0.15, 0.2) is 17.3 Å². The molecule has 8 rings (SSSR count). The van der Waals surface area contributed by atoms with Gasteiger partial charge in [-0.2, -0.15) is 0 Å². The third kappa shape index (κ3) is 66.6. The fourth-order valence-corrected chi connectivity index (χ4v) is 12.7. The second-order valence-corrected chi connectivity index (χ2v) is 40.1. The average Bonchev–Trinajstić information content (AvgIpc) is 1.68. The summed E-state index contributed by atoms with van der Waals surface area (Å²) in [6.07, 6.45) is 9.56. The number of carbonyl (C=O) groups excluding carboxylic acids is 6. The maximum Gasteiger partial charge on any atom is 0.160 e. The lowest BCUT2D eigenvalue weighted by molar-refractivity contribution is -0.127. The summed E-state index contributed by atoms with van der Waals surface area (Å²) in [4.78, 5) is 69.3. The highest BCUT2D eigenvalue weighted by Crippen LogP contribution is 2.28. The van der Waals surface area contributed by atoms with Gasteiger partial charge in [-0.1, -0.05) is 238 Å². The quantitative estimate of drug-likeness (QED) is 0.0174. The number of anilines is 3. The number of rotatable bonds is 62. The van der Waals surface area contributed by atoms with Gasteiger partial charge in [-0.05, 0) is 180 Å². The van der Waals surface area contributed by atoms with E-state index in [-0.39, 0.29) is 84.2 Å². The van der Waals surface area contributed by atoms with Gasteiger partial charge < -0.3 is 84.3 Å². The van der Waals surface area contributed by atoms with Gasteiger partial charge in [-0.3, -0.25) is 28.8 Å². The number of hydrogen-bond donors (Lipinski definition) is 7. The number of aryl methyl sites for hydroxylation is 1. The Balaban J connectivity index is 0.000000561. The maximum absolute atomic E-state index is 11.8. The van der Waals surface area contributed by atoms with Crippen molar-refractivity contribution in [3.05, 3.63) is 198 Å². The van der Waals surface area contributed by atoms with E-state index in [0.717, 1.165) is 135 Å². The molecule has 1 aromatic heterocycles. The van der Waals surface area contributed by atoms with Gasteiger partial charge >= 0.3 is 0 Å². The second kappa shape index (κ2) is 75.9. The molecule has 1 heterocycles. The first-order valence-corrected chi connectivity index (χ1v) is 51.9. The summed E-state index contributed by atoms with van der Waals surface area (Å²) in [6, 6.07) is 58.5. The van der Waals surface area contributed by atoms with Crippen molar-refractivity contribution in [2.24, 2.45) is 41.4 Å². The van der Waals surface area contributed by atoms with Crippen LogP contribution >= 0.6 is 0 Å². The number of ketones is 6. The Kier molecular flexibility index (Phi) is 68.5. The zero-order valence-corrected chi connectivity index (χ0v) is 91.7. The first-order valence-electron chi connectivity index (χ1n) is 51.9. The van der Waals surface area contributed by atoms with Gasteiger partial charge in [-0.15, -0.1) is 0 Å². The molecule has 0 saturated heterocycles. The minimum absolute atomic E-state index is 0.0109. The molecule has 0 bridgehead atoms. The summed E-state index contributed by atoms with van der Waals surface area (Å²) in [5, 5.41) is 24.5. The summed E-state index contributed by atoms with van der Waals surface area (Å²) >= 11 is 0. The Labute approximate surface area is 850 Å². The van der Waals surface area contributed by atoms with Crippen LogP contribution in [-0.4, -0.2) is 176 Å². The van der Waals surface area contributed by atoms with Gasteiger partial charge in [0.1, 0.15) is 109 Å². The van der Waals surface area contributed by atoms with Crippen LogP contribution in [-0.2, 0) is 80.0 Å². The normalized spacial score (nSPS) is 11.2. The molecule has 23 heteroatoms. The summed E-state index contributed by atoms with van der Waals surface area (Å²) in [6.45, 7) is 66.3. The molecule has 23 nitrogen and oxygen atoms in total. The first kappa shape index (κ1) is 127. The van der Waals surface area contributed by atoms with Crippen molar-refractivity contribution in [1.82, 2.24) is 21.3 Å². The molecule has 0 aliphatic heterocycles. The SMILES string of the molecule is CC(C)CCCCCNC(C)C.CC(C)NCCOc1ccc(CC(=O)C(C)C)cc1.CC(C)NCCOc1cccc(CCC(=O)C(C)C)c1.CC(C)NCCc1cc2ccc(CC(=O)C(C)C)cc2o1.CC(C)Nc1cccc(OCCOCC(=O)C(C)C)c1.CC(C)Nc1cccc(OCCOCCCOCC(=O)C(C)C)c1.CC(C)Nc1cccc(Oc2ccc(COCC(=O)C(C)C)cc2)c1. The molecule has 7 N–H and O–H groups in total. The minimum Gasteiger partial charge on any atom is -0.492 e. The lowest BCUT2D eigenvalue weighted by Gasteiger charge is -2.12. The van der Waals surface area contributed by atoms with Crippen LogP contribution < -0.4 is 60.9 Å². The molecule has 0 amide bonds. The fraction of sp³-hybridized carbons (Fsp3) is 0.576. The monoisotopic (exact) mass is 1960 g/mol. The number of benzene rings is 7. The van der Waals surface area contributed by atoms with Crippen LogP contribution in [0.2, 0.25) is 0 Å². The van der Waals surface area contributed by atoms with E-state index in [2.05, 4.69) is 154 Å². The molecule has 0 radical (unpaired) electrons. The number of Topliss-reactive ketones (excluding diaryl/α,β-unsaturated/α-hetero) is 6. The van der Waals surface area contributed by atoms with Crippen LogP contribution in [0, 0.1) is 41.4 Å². The number of hydrogen-bond acceptors (Lipinski definition) is 23. The lowest BCUT2D eigenvalue weighted by atomic mass is 10.0. The van der Waals surface area contributed by atoms with Crippen LogP contribution in [0.15, 0.2) is 174 Å². The van der Waals surface area contributed by atoms with Crippen molar-refractivity contribution in [2.75, 3.05) is 115 Å². The average molecular weight is 1960 g/mol. The molecule has 0 aliphatic carbocycles. The van der Waals surface area contributed by atoms with Crippen LogP contribution in [0.3, 0.4) is 0 Å². The van der Waals surface area contributed by atoms with Crippen LogP contribution in [0.4, 0.5) is 17.1 Å². The van der Waals surface area contributed by atoms with E-state index >= 15 is 0 Å². The van der Waals surface area contributed by atoms with E-state index in [1.54, 1.807) is 0 Å². The highest BCUT2D eigenvalue weighted by atomic mass is 16.5. The van der Waals surface area contributed by atoms with Crippen LogP contribution in [0.5, 0.6) is 34.5 Å². The molecule has 7 aromatic carbocycles. The number of furan rings is 1. The topological polar surface area (TPSA) is 283 Å². The number of carbonyl (C=O) groups is 6. The second-order valence-electron chi connectivity index (χ2n) is 40.1. The summed E-state index contributed by atoms with van der Waals surface area (Å²) < 4.78 is 55.9. The molecule has 0 aliphatic rings. The lowest BCUT2D eigenvalue weighted by Crippen LogP contribution is -2.27. The molecule has 788 valence electrons. The van der Waals surface area contributed by atoms with Gasteiger partial charge in [0.2, 0.25) is 0 Å². The van der Waals surface area contributed by atoms with Gasteiger partial charge in [-0.25, -0.2) is 0 Å². The van der Waals surface area contributed by atoms with Gasteiger partial charge in [0.25, 0.3) is 0 Å². The van der Waals surface area contributed by atoms with Crippen molar-refractivity contribution in [3.63, 3.8) is 0 Å². The van der Waals surface area contributed by atoms with E-state index in [9.17, 15) is 28.8 Å². The molecule has 0 saturated carbocycles. The minimum atomic E-state index is 0.0109. The Hall–Kier alpha value is -9.82. The maximum atomic E-state index is 11.8. The Morgan fingerprint density at radius 3 is 1.16 bits per heavy atom. The fourth-order valence-electron chi connectivity index (χ4n) is 12.7. The van der Waals surface area contributed by atoms with Crippen molar-refractivity contribution in [1.29, 1.82) is 0 Å². The molecule has 0 atom stereocenters. The first-order chi connectivity index (χ1) is 67.0. The van der Waals surface area contributed by atoms with Gasteiger partial charge in [0.05, 0.1) is 19.8 Å². The zero-order valence-electron chi connectivity index (χ0n) is 91.7. The third-order valence-electron chi connectivity index (χ3n) is 21.1. The molecular weight excluding hydrogens is 1770 g/mol. The van der Waals surface area contributed by atoms with E-state index < -0.39 is 0 Å². The van der Waals surface area contributed by atoms with E-state index in [4.69, 9.17) is 47.0 Å². The number of ether oxygens (including phenoxy) is 9. The van der Waals surface area contributed by atoms with Crippen molar-refractivity contribution in [3.8, 4) is 34.5 Å². The Bertz CT molecular complexity index is 4620. The van der Waals surface area contributed by atoms with Crippen LogP contribution in [0.1, 0.15) is 260 Å². The van der Waals surface area contributed by atoms with Crippen molar-refractivity contribution < 1.29 is 75.8 Å². The molecular formula is C118H185N7O16. The predicted octanol–water partition coefficient (Wildman–Crippen LogP) is 24.7. The Morgan fingerprint density at radius 2 is 0.681 bits per heavy atom. The molecule has 8 aromatic rings. The Morgan fingerprint density at radius 1 is 0.284 bits per heavy atom. The standard InChI is InChI=1S/C21H27NO3.C19H31NO4.C18H25NO2.C17H27NO2.C16H25NO3.C16H25NO2.C11H25N/c1-15(2)21(23)14-24-13-17-8-10-19(11-9-17)25-20-7-5-6-18(12-20)22-16(3)4;1-15(2)19(21)14-23-10-6-9-22-11-12-24-18-8-5-7-17(13-18)20-16(3)4;1-12(2)17(20)9-14-5-6-15-11-16(21-18(15)10-14)7-8-19-13(3)4;1-13(2)17(19)9-8-15-6-5-7-16(12-15)20-11-10-18-14(3)4;1-12(2)16(18)11-19-8-9-20-15-7-5-6-14(10-15)17-13(3)4;1-12(2)16(18)11-14-5-7-15(8-6-14)19-10-9-17-13(3)4;1-10(2)8-6-5-7-9-12-11(3)4/h5-12,15-16,22H,13-14H2,1-4H3;5,7-8,13,15-16,20H,6,9-12,14H2,1-4H3;5-6,10-13,19H,7-9H2,1-4H3;5-7,12-14,18H,8-11H2,1-4H3;5-7,10,12-13,17H,8-9,11H2,1-4H3;5-8,12-13,17H,9-11H2,1-4H3;10-12H,5-9H2,1-4H3. The molecule has 141 heavy (non-hydrogen) atoms. The van der Waals surface area contributed by atoms with Gasteiger partial charge in [0, 0.05) is 177 Å². The highest BCUT2D eigenvalue weighted by Gasteiger charge is 2.16. The highest BCUT2D eigenvalue weighted by molar-refractivity contribution is 5.86. The largest absolute Gasteiger partial charge is 0.492 e. The zero-order chi connectivity index (χ0) is 105. The van der Waals surface area contributed by atoms with E-state index in [1.165, 1.54) is 32.2 Å². The number of unbranched alkanes of at least 4 members (excludes halogenated alkanes) is 2. The summed E-state index contributed by atoms with van der Waals surface area (Å²) in [7, 11) is 0. The molecule has 0 unspecified atom stereocenters. The number of nitrogens with one attached hydrogen (secondary N) is 7. The predicted molar refractivity (Wildman–Crippen MR) is 584 cm³/mol. The van der Waals surface area contributed by atoms with Crippen LogP contribution in [0.25, 0.3) is 11.0 Å². The van der Waals surface area contributed by atoms with Crippen molar-refractivity contribution >= 4 is 62.7 Å². The smallest absolute Gasteiger partial charge is 0.160 e. The molecule has 0 spiro atoms. The molecule has 0 fully saturated rings. The third-order valence-corrected chi connectivity index (χ3v) is 21.1. The summed E-state index contributed by atoms with van der Waals surface area (Å²) in [5.41, 5.74) is 8.25. The summed E-state index contributed by atoms with van der Waals surface area (Å²) in [5.74, 6) is 8.39. The number of fused-ring (bicyclic) bond motifs is 1. The van der Waals surface area contributed by atoms with E-state index in [0.29, 0.717) is 127 Å². The van der Waals surface area contributed by atoms with Crippen molar-refractivity contribution in [2.45, 2.75) is 307 Å². The van der Waals surface area contributed by atoms with E-state index in [1.807, 2.05) is 247 Å².